The first kappa shape index (κ1) is 40.2. The Bertz CT molecular complexity index is 2350. The molecular weight excluding hydrogens is 765 g/mol. The number of hydrogen-bond acceptors (Lipinski definition) is 4. The molecule has 0 bridgehead atoms. The van der Waals surface area contributed by atoms with E-state index < -0.39 is 0 Å². The lowest BCUT2D eigenvalue weighted by Crippen LogP contribution is -2.55. The van der Waals surface area contributed by atoms with Gasteiger partial charge in [0.15, 0.2) is 0 Å². The Morgan fingerprint density at radius 2 is 1.63 bits per heavy atom. The van der Waals surface area contributed by atoms with E-state index in [-0.39, 0.29) is 11.5 Å². The van der Waals surface area contributed by atoms with Crippen LogP contribution in [0.5, 0.6) is 0 Å². The highest BCUT2D eigenvalue weighted by molar-refractivity contribution is 5.71. The summed E-state index contributed by atoms with van der Waals surface area (Å²) in [7, 11) is 0. The lowest BCUT2D eigenvalue weighted by Gasteiger charge is -2.60. The number of nitrogens with zero attached hydrogens (tertiary/aromatic N) is 3. The maximum atomic E-state index is 5.22. The van der Waals surface area contributed by atoms with E-state index in [9.17, 15) is 0 Å². The van der Waals surface area contributed by atoms with Crippen molar-refractivity contribution in [1.82, 2.24) is 15.2 Å². The molecule has 12 rings (SSSR count). The quantitative estimate of drug-likeness (QED) is 0.255. The molecule has 1 aromatic carbocycles. The summed E-state index contributed by atoms with van der Waals surface area (Å²) >= 11 is 0. The van der Waals surface area contributed by atoms with Crippen LogP contribution in [0.15, 0.2) is 142 Å². The molecule has 0 amide bonds. The van der Waals surface area contributed by atoms with Gasteiger partial charge in [0.1, 0.15) is 11.6 Å². The molecule has 4 nitrogen and oxygen atoms in total. The van der Waals surface area contributed by atoms with Gasteiger partial charge in [-0.15, -0.1) is 0 Å². The molecule has 0 saturated heterocycles. The van der Waals surface area contributed by atoms with E-state index in [1.54, 1.807) is 28.0 Å². The number of fused-ring (bicyclic) bond motifs is 2. The van der Waals surface area contributed by atoms with E-state index in [2.05, 4.69) is 134 Å². The maximum Gasteiger partial charge on any atom is 0.133 e. The van der Waals surface area contributed by atoms with Crippen LogP contribution >= 0.6 is 0 Å². The smallest absolute Gasteiger partial charge is 0.133 e. The summed E-state index contributed by atoms with van der Waals surface area (Å²) in [4.78, 5) is 10.9. The molecule has 3 fully saturated rings. The number of dihydropyridines is 1. The lowest BCUT2D eigenvalue weighted by molar-refractivity contribution is 0.0913. The average molecular weight is 837 g/mol. The van der Waals surface area contributed by atoms with E-state index in [0.717, 1.165) is 12.4 Å². The monoisotopic (exact) mass is 837 g/mol. The van der Waals surface area contributed by atoms with Crippen molar-refractivity contribution in [2.45, 2.75) is 142 Å². The van der Waals surface area contributed by atoms with Gasteiger partial charge < -0.3 is 15.1 Å². The Morgan fingerprint density at radius 3 is 2.37 bits per heavy atom. The Balaban J connectivity index is 0.977. The number of benzene rings is 1. The first-order chi connectivity index (χ1) is 30.9. The van der Waals surface area contributed by atoms with Crippen molar-refractivity contribution in [3.63, 3.8) is 0 Å². The molecule has 9 aliphatic carbocycles. The zero-order valence-electron chi connectivity index (χ0n) is 38.7. The normalized spacial score (nSPS) is 34.0. The summed E-state index contributed by atoms with van der Waals surface area (Å²) in [6.07, 6.45) is 41.7. The molecule has 10 aliphatic rings. The summed E-state index contributed by atoms with van der Waals surface area (Å²) in [5.74, 6) is 7.54. The van der Waals surface area contributed by atoms with Gasteiger partial charge in [-0.05, 0) is 165 Å². The van der Waals surface area contributed by atoms with Crippen LogP contribution in [0.3, 0.4) is 0 Å². The van der Waals surface area contributed by atoms with Gasteiger partial charge in [-0.3, -0.25) is 0 Å². The maximum absolute atomic E-state index is 5.22. The number of rotatable bonds is 9. The molecule has 2 heterocycles. The first-order valence-corrected chi connectivity index (χ1v) is 25.8. The van der Waals surface area contributed by atoms with Crippen LogP contribution in [0.1, 0.15) is 135 Å². The van der Waals surface area contributed by atoms with Crippen LogP contribution in [0.2, 0.25) is 0 Å². The van der Waals surface area contributed by atoms with Crippen molar-refractivity contribution in [2.75, 3.05) is 11.4 Å². The third-order valence-corrected chi connectivity index (χ3v) is 18.3. The number of aromatic nitrogens is 1. The van der Waals surface area contributed by atoms with E-state index in [0.29, 0.717) is 59.3 Å². The highest BCUT2D eigenvalue weighted by Gasteiger charge is 2.62. The number of hydrogen-bond donors (Lipinski definition) is 1. The molecule has 1 aliphatic heterocycles. The summed E-state index contributed by atoms with van der Waals surface area (Å²) < 4.78 is 0. The van der Waals surface area contributed by atoms with Gasteiger partial charge in [-0.1, -0.05) is 130 Å². The first-order valence-electron chi connectivity index (χ1n) is 25.8. The van der Waals surface area contributed by atoms with Crippen molar-refractivity contribution < 1.29 is 0 Å². The Hall–Kier alpha value is -4.31. The number of allylic oxidation sites excluding steroid dienone is 11. The molecule has 1 N–H and O–H groups in total. The summed E-state index contributed by atoms with van der Waals surface area (Å²) in [6.45, 7) is 11.1. The zero-order chi connectivity index (χ0) is 42.4. The van der Waals surface area contributed by atoms with Crippen LogP contribution in [0.4, 0.5) is 11.5 Å². The van der Waals surface area contributed by atoms with Crippen LogP contribution in [0, 0.1) is 52.8 Å². The van der Waals surface area contributed by atoms with Crippen molar-refractivity contribution in [3.05, 3.63) is 148 Å². The second kappa shape index (κ2) is 16.0. The second-order valence-corrected chi connectivity index (χ2v) is 22.4. The highest BCUT2D eigenvalue weighted by Crippen LogP contribution is 2.70. The molecule has 6 unspecified atom stereocenters. The Morgan fingerprint density at radius 1 is 0.794 bits per heavy atom. The van der Waals surface area contributed by atoms with E-state index >= 15 is 0 Å². The Kier molecular flexibility index (Phi) is 10.2. The van der Waals surface area contributed by atoms with Crippen LogP contribution in [-0.4, -0.2) is 28.5 Å². The van der Waals surface area contributed by atoms with Crippen molar-refractivity contribution in [3.8, 4) is 0 Å². The molecule has 63 heavy (non-hydrogen) atoms. The zero-order valence-corrected chi connectivity index (χ0v) is 38.7. The molecule has 7 atom stereocenters. The van der Waals surface area contributed by atoms with Gasteiger partial charge in [-0.25, -0.2) is 4.98 Å². The average Bonchev–Trinajstić information content (AvgIpc) is 4.09. The van der Waals surface area contributed by atoms with Gasteiger partial charge in [-0.2, -0.15) is 0 Å². The fourth-order valence-corrected chi connectivity index (χ4v) is 15.4. The second-order valence-electron chi connectivity index (χ2n) is 22.4. The summed E-state index contributed by atoms with van der Waals surface area (Å²) in [5, 5.41) is 3.95. The molecule has 3 saturated carbocycles. The largest absolute Gasteiger partial charge is 0.368 e. The fraction of sp³-hybridized carbons (Fsp3) is 0.542. The molecule has 2 aromatic rings. The van der Waals surface area contributed by atoms with Gasteiger partial charge >= 0.3 is 0 Å². The lowest BCUT2D eigenvalue weighted by atomic mass is 9.47. The van der Waals surface area contributed by atoms with E-state index in [1.165, 1.54) is 113 Å². The van der Waals surface area contributed by atoms with Crippen LogP contribution in [-0.2, 0) is 0 Å². The van der Waals surface area contributed by atoms with Crippen LogP contribution < -0.4 is 10.2 Å². The van der Waals surface area contributed by atoms with Crippen molar-refractivity contribution in [2.24, 2.45) is 52.8 Å². The standard InChI is InChI=1S/C59H72N4/c1-37(2)52-56-46-30-29-45-49(62(50-19-11-13-33-60-50)43-25-21-40(22-26-43)38-15-7-5-8-16-38)35-42-31-32-59(3,4)48-36-47(54(46)55(45)53(42)48)58(57(52)56)63(51-20-12-14-34-61-51)44-27-23-41(24-28-44)39-17-9-6-10-18-39/h7,11-16,19-20,23-24,27-28,34-37,39-40,42-43,45,47,53,55-56,58,60H,5-6,8-10,17-18,21-22,25-26,29-33H2,1-4H3/t40?,42?,43?,45?,47?,53?,55?,56-,58?/m1/s1. The number of nitrogens with one attached hydrogen (secondary N) is 1. The fourth-order valence-electron chi connectivity index (χ4n) is 15.4. The van der Waals surface area contributed by atoms with E-state index in [4.69, 9.17) is 4.98 Å². The molecule has 328 valence electrons. The number of anilines is 2. The molecule has 1 aromatic heterocycles. The number of pyridine rings is 1. The minimum Gasteiger partial charge on any atom is -0.368 e. The highest BCUT2D eigenvalue weighted by atomic mass is 15.3. The topological polar surface area (TPSA) is 31.4 Å². The molecule has 0 radical (unpaired) electrons. The Labute approximate surface area is 379 Å². The van der Waals surface area contributed by atoms with Crippen molar-refractivity contribution >= 4 is 11.5 Å². The van der Waals surface area contributed by atoms with E-state index in [1.807, 2.05) is 17.3 Å². The van der Waals surface area contributed by atoms with Gasteiger partial charge in [0, 0.05) is 47.9 Å². The van der Waals surface area contributed by atoms with Gasteiger partial charge in [0.25, 0.3) is 0 Å². The van der Waals surface area contributed by atoms with Gasteiger partial charge in [0.2, 0.25) is 0 Å². The third kappa shape index (κ3) is 6.76. The van der Waals surface area contributed by atoms with Gasteiger partial charge in [0.05, 0.1) is 6.04 Å². The molecule has 4 heteroatoms. The minimum atomic E-state index is 0.191. The molecule has 0 spiro atoms. The van der Waals surface area contributed by atoms with Crippen LogP contribution in [0.25, 0.3) is 0 Å². The summed E-state index contributed by atoms with van der Waals surface area (Å²) in [5.41, 5.74) is 15.3. The predicted octanol–water partition coefficient (Wildman–Crippen LogP) is 14.2. The minimum absolute atomic E-state index is 0.191. The predicted molar refractivity (Wildman–Crippen MR) is 260 cm³/mol. The van der Waals surface area contributed by atoms with Crippen molar-refractivity contribution in [1.29, 1.82) is 0 Å². The summed E-state index contributed by atoms with van der Waals surface area (Å²) in [6, 6.07) is 17.3. The third-order valence-electron chi connectivity index (χ3n) is 18.3. The SMILES string of the molecule is CC(C)C1=C2C(N(c3ccc(C4CCCCC4)cc3)c3ccccn3)C3C=C4C5C(C=C(N(C6=CC=CCN6)C6CCC(C7=CCCC=C7)CC6)C6CCC(=C3C65)[C@H]12)CCC4(C)C. The molecular formula is C59H72N4.